The van der Waals surface area contributed by atoms with Crippen molar-refractivity contribution in [3.05, 3.63) is 102 Å². The van der Waals surface area contributed by atoms with Crippen LogP contribution in [-0.4, -0.2) is 55.1 Å². The van der Waals surface area contributed by atoms with Crippen molar-refractivity contribution in [1.29, 1.82) is 0 Å². The molecule has 38 heavy (non-hydrogen) atoms. The van der Waals surface area contributed by atoms with E-state index < -0.39 is 16.1 Å². The molecule has 0 heterocycles. The highest BCUT2D eigenvalue weighted by Crippen LogP contribution is 2.18. The number of nitrogens with one attached hydrogen (secondary N) is 1. The first-order valence-corrected chi connectivity index (χ1v) is 14.3. The van der Waals surface area contributed by atoms with Crippen LogP contribution in [0.5, 0.6) is 0 Å². The van der Waals surface area contributed by atoms with E-state index in [0.29, 0.717) is 12.8 Å². The van der Waals surface area contributed by atoms with Gasteiger partial charge >= 0.3 is 0 Å². The number of carbonyl (C=O) groups excluding carboxylic acids is 2. The number of carbonyl (C=O) groups is 2. The van der Waals surface area contributed by atoms with Gasteiger partial charge in [-0.25, -0.2) is 12.7 Å². The molecule has 0 saturated carbocycles. The van der Waals surface area contributed by atoms with E-state index in [2.05, 4.69) is 5.32 Å². The van der Waals surface area contributed by atoms with Gasteiger partial charge in [0.15, 0.2) is 0 Å². The van der Waals surface area contributed by atoms with Gasteiger partial charge in [-0.1, -0.05) is 78.9 Å². The molecule has 1 atom stereocenters. The van der Waals surface area contributed by atoms with Crippen LogP contribution in [0.1, 0.15) is 37.8 Å². The average molecular weight is 536 g/mol. The fourth-order valence-electron chi connectivity index (χ4n) is 4.20. The summed E-state index contributed by atoms with van der Waals surface area (Å²) in [6, 6.07) is 26.7. The van der Waals surface area contributed by atoms with Crippen LogP contribution < -0.4 is 5.32 Å². The zero-order valence-electron chi connectivity index (χ0n) is 22.3. The Kier molecular flexibility index (Phi) is 10.6. The van der Waals surface area contributed by atoms with Crippen molar-refractivity contribution in [2.75, 3.05) is 13.6 Å². The molecule has 0 spiro atoms. The Labute approximate surface area is 226 Å². The Morgan fingerprint density at radius 2 is 1.34 bits per heavy atom. The number of hydrogen-bond donors (Lipinski definition) is 1. The monoisotopic (exact) mass is 535 g/mol. The normalized spacial score (nSPS) is 12.3. The van der Waals surface area contributed by atoms with Crippen molar-refractivity contribution in [3.63, 3.8) is 0 Å². The lowest BCUT2D eigenvalue weighted by Gasteiger charge is -2.32. The Balaban J connectivity index is 1.79. The third-order valence-electron chi connectivity index (χ3n) is 6.21. The maximum Gasteiger partial charge on any atom is 0.243 e. The summed E-state index contributed by atoms with van der Waals surface area (Å²) in [7, 11) is -2.13. The maximum atomic E-state index is 13.6. The highest BCUT2D eigenvalue weighted by atomic mass is 32.2. The number of amides is 2. The Bertz CT molecular complexity index is 1270. The van der Waals surface area contributed by atoms with E-state index in [0.717, 1.165) is 11.1 Å². The van der Waals surface area contributed by atoms with E-state index in [1.165, 1.54) is 11.4 Å². The van der Waals surface area contributed by atoms with Crippen LogP contribution >= 0.6 is 0 Å². The summed E-state index contributed by atoms with van der Waals surface area (Å²) in [4.78, 5) is 28.9. The van der Waals surface area contributed by atoms with Gasteiger partial charge in [-0.05, 0) is 43.5 Å². The molecule has 0 fully saturated rings. The first kappa shape index (κ1) is 29.1. The van der Waals surface area contributed by atoms with Crippen LogP contribution in [0.4, 0.5) is 0 Å². The quantitative estimate of drug-likeness (QED) is 0.355. The molecule has 3 rings (SSSR count). The Morgan fingerprint density at radius 3 is 1.89 bits per heavy atom. The molecule has 0 saturated heterocycles. The van der Waals surface area contributed by atoms with Crippen LogP contribution in [0.15, 0.2) is 95.9 Å². The molecule has 8 heteroatoms. The summed E-state index contributed by atoms with van der Waals surface area (Å²) < 4.78 is 27.0. The number of benzene rings is 3. The molecule has 0 aliphatic heterocycles. The third-order valence-corrected chi connectivity index (χ3v) is 8.08. The molecule has 0 bridgehead atoms. The van der Waals surface area contributed by atoms with E-state index >= 15 is 0 Å². The Hall–Kier alpha value is -3.49. The smallest absolute Gasteiger partial charge is 0.243 e. The zero-order valence-corrected chi connectivity index (χ0v) is 23.1. The minimum Gasteiger partial charge on any atom is -0.352 e. The highest BCUT2D eigenvalue weighted by Gasteiger charge is 2.31. The summed E-state index contributed by atoms with van der Waals surface area (Å²) in [5.41, 5.74) is 1.87. The molecule has 0 radical (unpaired) electrons. The van der Waals surface area contributed by atoms with Gasteiger partial charge in [-0.15, -0.1) is 0 Å². The largest absolute Gasteiger partial charge is 0.352 e. The summed E-state index contributed by atoms with van der Waals surface area (Å²) in [6.45, 7) is 4.25. The van der Waals surface area contributed by atoms with E-state index in [1.54, 1.807) is 35.2 Å². The SMILES string of the molecule is CC(C)NC(=O)C(Cc1ccccc1)N(Cc1ccccc1)C(=O)CCCN(C)S(=O)(=O)c1ccccc1. The number of rotatable bonds is 13. The molecule has 1 N–H and O–H groups in total. The van der Waals surface area contributed by atoms with Gasteiger partial charge in [0.2, 0.25) is 21.8 Å². The number of sulfonamides is 1. The lowest BCUT2D eigenvalue weighted by molar-refractivity contribution is -0.141. The van der Waals surface area contributed by atoms with Crippen molar-refractivity contribution in [2.24, 2.45) is 0 Å². The van der Waals surface area contributed by atoms with E-state index in [9.17, 15) is 18.0 Å². The first-order valence-electron chi connectivity index (χ1n) is 12.9. The van der Waals surface area contributed by atoms with Gasteiger partial charge in [0.05, 0.1) is 4.90 Å². The molecule has 7 nitrogen and oxygen atoms in total. The summed E-state index contributed by atoms with van der Waals surface area (Å²) in [5, 5.41) is 2.98. The van der Waals surface area contributed by atoms with E-state index in [4.69, 9.17) is 0 Å². The highest BCUT2D eigenvalue weighted by molar-refractivity contribution is 7.89. The minimum atomic E-state index is -3.65. The first-order chi connectivity index (χ1) is 18.2. The predicted molar refractivity (Wildman–Crippen MR) is 150 cm³/mol. The van der Waals surface area contributed by atoms with Crippen LogP contribution in [-0.2, 0) is 32.6 Å². The molecule has 202 valence electrons. The zero-order chi connectivity index (χ0) is 27.5. The van der Waals surface area contributed by atoms with Gasteiger partial charge in [-0.3, -0.25) is 9.59 Å². The molecule has 3 aromatic rings. The van der Waals surface area contributed by atoms with E-state index in [-0.39, 0.29) is 42.3 Å². The lowest BCUT2D eigenvalue weighted by atomic mass is 10.0. The molecule has 2 amide bonds. The van der Waals surface area contributed by atoms with Crippen molar-refractivity contribution >= 4 is 21.8 Å². The molecule has 0 aromatic heterocycles. The van der Waals surface area contributed by atoms with Gasteiger partial charge in [0, 0.05) is 39.0 Å². The van der Waals surface area contributed by atoms with Crippen molar-refractivity contribution in [2.45, 2.75) is 56.6 Å². The second kappa shape index (κ2) is 13.9. The lowest BCUT2D eigenvalue weighted by Crippen LogP contribution is -2.51. The molecular weight excluding hydrogens is 498 g/mol. The second-order valence-electron chi connectivity index (χ2n) is 9.62. The van der Waals surface area contributed by atoms with Crippen LogP contribution in [0.3, 0.4) is 0 Å². The van der Waals surface area contributed by atoms with Crippen LogP contribution in [0.25, 0.3) is 0 Å². The van der Waals surface area contributed by atoms with Gasteiger partial charge < -0.3 is 10.2 Å². The molecule has 0 aliphatic carbocycles. The fraction of sp³-hybridized carbons (Fsp3) is 0.333. The number of nitrogens with zero attached hydrogens (tertiary/aromatic N) is 2. The summed E-state index contributed by atoms with van der Waals surface area (Å²) >= 11 is 0. The molecule has 3 aromatic carbocycles. The summed E-state index contributed by atoms with van der Waals surface area (Å²) in [5.74, 6) is -0.406. The van der Waals surface area contributed by atoms with E-state index in [1.807, 2.05) is 74.5 Å². The Morgan fingerprint density at radius 1 is 0.816 bits per heavy atom. The minimum absolute atomic E-state index is 0.0775. The molecule has 1 unspecified atom stereocenters. The van der Waals surface area contributed by atoms with Crippen molar-refractivity contribution in [3.8, 4) is 0 Å². The maximum absolute atomic E-state index is 13.6. The fourth-order valence-corrected chi connectivity index (χ4v) is 5.43. The topological polar surface area (TPSA) is 86.8 Å². The predicted octanol–water partition coefficient (Wildman–Crippen LogP) is 4.25. The van der Waals surface area contributed by atoms with Crippen LogP contribution in [0, 0.1) is 0 Å². The third kappa shape index (κ3) is 8.26. The molecular formula is C30H37N3O4S. The van der Waals surface area contributed by atoms with Gasteiger partial charge in [0.25, 0.3) is 0 Å². The van der Waals surface area contributed by atoms with Crippen molar-refractivity contribution < 1.29 is 18.0 Å². The van der Waals surface area contributed by atoms with Gasteiger partial charge in [-0.2, -0.15) is 0 Å². The second-order valence-corrected chi connectivity index (χ2v) is 11.7. The average Bonchev–Trinajstić information content (AvgIpc) is 2.91. The van der Waals surface area contributed by atoms with Gasteiger partial charge in [0.1, 0.15) is 6.04 Å². The molecule has 0 aliphatic rings. The standard InChI is InChI=1S/C30H37N3O4S/c1-24(2)31-30(35)28(22-25-14-7-4-8-15-25)33(23-26-16-9-5-10-17-26)29(34)20-13-21-32(3)38(36,37)27-18-11-6-12-19-27/h4-12,14-19,24,28H,13,20-23H2,1-3H3,(H,31,35). The number of hydrogen-bond acceptors (Lipinski definition) is 4. The van der Waals surface area contributed by atoms with Crippen molar-refractivity contribution in [1.82, 2.24) is 14.5 Å². The summed E-state index contributed by atoms with van der Waals surface area (Å²) in [6.07, 6.45) is 0.818. The van der Waals surface area contributed by atoms with Crippen LogP contribution in [0.2, 0.25) is 0 Å².